The molecule has 210 valence electrons. The van der Waals surface area contributed by atoms with E-state index in [1.807, 2.05) is 30.3 Å². The van der Waals surface area contributed by atoms with E-state index in [0.29, 0.717) is 51.6 Å². The first kappa shape index (κ1) is 30.4. The van der Waals surface area contributed by atoms with Crippen LogP contribution in [0.2, 0.25) is 0 Å². The van der Waals surface area contributed by atoms with Crippen LogP contribution in [0.25, 0.3) is 0 Å². The molecule has 1 fully saturated rings. The second kappa shape index (κ2) is 16.1. The van der Waals surface area contributed by atoms with Gasteiger partial charge in [-0.2, -0.15) is 0 Å². The van der Waals surface area contributed by atoms with Crippen LogP contribution < -0.4 is 27.8 Å². The van der Waals surface area contributed by atoms with Gasteiger partial charge in [-0.15, -0.1) is 0 Å². The molecule has 2 rings (SSSR count). The average Bonchev–Trinajstić information content (AvgIpc) is 3.39. The summed E-state index contributed by atoms with van der Waals surface area (Å²) in [6.07, 6.45) is 2.25. The van der Waals surface area contributed by atoms with E-state index >= 15 is 0 Å². The first-order valence-corrected chi connectivity index (χ1v) is 12.8. The number of nitrogens with zero attached hydrogens (tertiary/aromatic N) is 2. The molecule has 1 heterocycles. The van der Waals surface area contributed by atoms with E-state index in [1.165, 1.54) is 4.90 Å². The highest BCUT2D eigenvalue weighted by Crippen LogP contribution is 2.20. The molecule has 1 aliphatic rings. The Morgan fingerprint density at radius 3 is 2.42 bits per heavy atom. The summed E-state index contributed by atoms with van der Waals surface area (Å²) < 4.78 is 5.28. The first-order chi connectivity index (χ1) is 18.2. The lowest BCUT2D eigenvalue weighted by Gasteiger charge is -2.29. The topological polar surface area (TPSA) is 215 Å². The lowest BCUT2D eigenvalue weighted by molar-refractivity contribution is -0.144. The van der Waals surface area contributed by atoms with Crippen molar-refractivity contribution in [3.8, 4) is 0 Å². The molecular weight excluding hydrogens is 494 g/mol. The lowest BCUT2D eigenvalue weighted by atomic mass is 10.1. The van der Waals surface area contributed by atoms with Crippen molar-refractivity contribution < 1.29 is 29.0 Å². The number of carbonyl (C=O) groups is 4. The monoisotopic (exact) mass is 533 g/mol. The highest BCUT2D eigenvalue weighted by atomic mass is 16.5. The smallest absolute Gasteiger partial charge is 0.408 e. The van der Waals surface area contributed by atoms with Gasteiger partial charge < -0.3 is 42.6 Å². The molecule has 9 N–H and O–H groups in total. The van der Waals surface area contributed by atoms with Gasteiger partial charge in [-0.25, -0.2) is 9.59 Å². The second-order valence-electron chi connectivity index (χ2n) is 9.08. The summed E-state index contributed by atoms with van der Waals surface area (Å²) >= 11 is 0. The summed E-state index contributed by atoms with van der Waals surface area (Å²) in [5.41, 5.74) is 16.9. The SMILES string of the molecule is NCCCC[C@H](NC(=O)OCc1ccccc1)C(=O)N1CCC[C@H]1C(=O)N[C@@H](CCCN=C(N)N)C(=O)O. The van der Waals surface area contributed by atoms with Crippen LogP contribution in [-0.2, 0) is 25.7 Å². The predicted octanol–water partition coefficient (Wildman–Crippen LogP) is 0.0244. The standard InChI is InChI=1S/C25H39N7O6/c26-13-5-4-10-18(31-25(37)38-16-17-8-2-1-3-9-17)22(34)32-15-7-12-20(32)21(33)30-19(23(35)36)11-6-14-29-24(27)28/h1-3,8-9,18-20H,4-7,10-16,26H2,(H,30,33)(H,31,37)(H,35,36)(H4,27,28,29)/t18-,19-,20-/m0/s1. The molecule has 3 amide bonds. The number of guanidine groups is 1. The van der Waals surface area contributed by atoms with Crippen LogP contribution in [0, 0.1) is 0 Å². The van der Waals surface area contributed by atoms with E-state index in [1.54, 1.807) is 0 Å². The normalized spacial score (nSPS) is 16.2. The zero-order chi connectivity index (χ0) is 27.9. The molecule has 38 heavy (non-hydrogen) atoms. The van der Waals surface area contributed by atoms with Gasteiger partial charge in [-0.1, -0.05) is 30.3 Å². The summed E-state index contributed by atoms with van der Waals surface area (Å²) in [5.74, 6) is -2.27. The number of alkyl carbamates (subject to hydrolysis) is 1. The molecule has 0 aromatic heterocycles. The van der Waals surface area contributed by atoms with Crippen LogP contribution >= 0.6 is 0 Å². The van der Waals surface area contributed by atoms with E-state index < -0.39 is 42.0 Å². The number of nitrogens with two attached hydrogens (primary N) is 3. The van der Waals surface area contributed by atoms with Gasteiger partial charge in [0.2, 0.25) is 11.8 Å². The van der Waals surface area contributed by atoms with E-state index in [4.69, 9.17) is 21.9 Å². The number of aliphatic imine (C=N–C) groups is 1. The van der Waals surface area contributed by atoms with Crippen molar-refractivity contribution in [2.75, 3.05) is 19.6 Å². The predicted molar refractivity (Wildman–Crippen MR) is 141 cm³/mol. The van der Waals surface area contributed by atoms with Crippen LogP contribution in [0.5, 0.6) is 0 Å². The number of nitrogens with one attached hydrogen (secondary N) is 2. The number of carbonyl (C=O) groups excluding carboxylic acids is 3. The number of hydrogen-bond donors (Lipinski definition) is 6. The molecule has 0 unspecified atom stereocenters. The number of aliphatic carboxylic acids is 1. The zero-order valence-electron chi connectivity index (χ0n) is 21.5. The third-order valence-corrected chi connectivity index (χ3v) is 6.15. The summed E-state index contributed by atoms with van der Waals surface area (Å²) in [5, 5.41) is 14.7. The fourth-order valence-electron chi connectivity index (χ4n) is 4.19. The van der Waals surface area contributed by atoms with Crippen LogP contribution in [0.3, 0.4) is 0 Å². The van der Waals surface area contributed by atoms with Crippen LogP contribution in [0.15, 0.2) is 35.3 Å². The number of hydrogen-bond acceptors (Lipinski definition) is 7. The number of carboxylic acid groups (broad SMARTS) is 1. The molecular formula is C25H39N7O6. The van der Waals surface area contributed by atoms with Crippen LogP contribution in [0.1, 0.15) is 50.5 Å². The Morgan fingerprint density at radius 2 is 1.76 bits per heavy atom. The van der Waals surface area contributed by atoms with Crippen molar-refractivity contribution in [3.05, 3.63) is 35.9 Å². The molecule has 13 heteroatoms. The van der Waals surface area contributed by atoms with Crippen molar-refractivity contribution >= 4 is 29.8 Å². The maximum atomic E-state index is 13.4. The molecule has 0 bridgehead atoms. The largest absolute Gasteiger partial charge is 0.480 e. The van der Waals surface area contributed by atoms with E-state index in [-0.39, 0.29) is 25.5 Å². The maximum Gasteiger partial charge on any atom is 0.408 e. The Labute approximate surface area is 222 Å². The van der Waals surface area contributed by atoms with Crippen molar-refractivity contribution in [2.24, 2.45) is 22.2 Å². The molecule has 13 nitrogen and oxygen atoms in total. The molecule has 1 aromatic rings. The Morgan fingerprint density at radius 1 is 1.05 bits per heavy atom. The van der Waals surface area contributed by atoms with E-state index in [9.17, 15) is 24.3 Å². The first-order valence-electron chi connectivity index (χ1n) is 12.8. The van der Waals surface area contributed by atoms with Gasteiger partial charge in [0, 0.05) is 13.1 Å². The molecule has 0 aliphatic carbocycles. The Hall–Kier alpha value is -3.87. The van der Waals surface area contributed by atoms with Gasteiger partial charge in [-0.3, -0.25) is 14.6 Å². The molecule has 0 saturated carbocycles. The zero-order valence-corrected chi connectivity index (χ0v) is 21.5. The van der Waals surface area contributed by atoms with Crippen molar-refractivity contribution in [1.29, 1.82) is 0 Å². The van der Waals surface area contributed by atoms with Gasteiger partial charge in [0.1, 0.15) is 24.7 Å². The molecule has 0 spiro atoms. The molecule has 1 saturated heterocycles. The van der Waals surface area contributed by atoms with Gasteiger partial charge >= 0.3 is 12.1 Å². The van der Waals surface area contributed by atoms with Gasteiger partial charge in [0.25, 0.3) is 0 Å². The van der Waals surface area contributed by atoms with Crippen LogP contribution in [-0.4, -0.2) is 77.6 Å². The minimum absolute atomic E-state index is 0.0465. The quantitative estimate of drug-likeness (QED) is 0.102. The highest BCUT2D eigenvalue weighted by molar-refractivity contribution is 5.93. The number of rotatable bonds is 15. The fourth-order valence-corrected chi connectivity index (χ4v) is 4.19. The minimum Gasteiger partial charge on any atom is -0.480 e. The molecule has 1 aliphatic heterocycles. The summed E-state index contributed by atoms with van der Waals surface area (Å²) in [6.45, 7) is 1.03. The molecule has 1 aromatic carbocycles. The third kappa shape index (κ3) is 10.2. The van der Waals surface area contributed by atoms with Crippen molar-refractivity contribution in [2.45, 2.75) is 69.7 Å². The fraction of sp³-hybridized carbons (Fsp3) is 0.560. The van der Waals surface area contributed by atoms with E-state index in [2.05, 4.69) is 15.6 Å². The number of amides is 3. The summed E-state index contributed by atoms with van der Waals surface area (Å²) in [4.78, 5) is 55.8. The van der Waals surface area contributed by atoms with Gasteiger partial charge in [-0.05, 0) is 57.1 Å². The van der Waals surface area contributed by atoms with Crippen molar-refractivity contribution in [3.63, 3.8) is 0 Å². The third-order valence-electron chi connectivity index (χ3n) is 6.15. The Bertz CT molecular complexity index is 955. The number of likely N-dealkylation sites (tertiary alicyclic amines) is 1. The summed E-state index contributed by atoms with van der Waals surface area (Å²) in [7, 11) is 0. The maximum absolute atomic E-state index is 13.4. The number of carboxylic acids is 1. The highest BCUT2D eigenvalue weighted by Gasteiger charge is 2.38. The minimum atomic E-state index is -1.19. The van der Waals surface area contributed by atoms with E-state index in [0.717, 1.165) is 5.56 Å². The Balaban J connectivity index is 2.02. The second-order valence-corrected chi connectivity index (χ2v) is 9.08. The molecule has 3 atom stereocenters. The van der Waals surface area contributed by atoms with Crippen molar-refractivity contribution in [1.82, 2.24) is 15.5 Å². The summed E-state index contributed by atoms with van der Waals surface area (Å²) in [6, 6.07) is 6.23. The van der Waals surface area contributed by atoms with Gasteiger partial charge in [0.15, 0.2) is 5.96 Å². The number of ether oxygens (including phenoxy) is 1. The average molecular weight is 534 g/mol. The number of benzene rings is 1. The molecule has 0 radical (unpaired) electrons. The Kier molecular flexibility index (Phi) is 12.8. The van der Waals surface area contributed by atoms with Gasteiger partial charge in [0.05, 0.1) is 0 Å². The lowest BCUT2D eigenvalue weighted by Crippen LogP contribution is -2.55. The number of unbranched alkanes of at least 4 members (excludes halogenated alkanes) is 1. The van der Waals surface area contributed by atoms with Crippen LogP contribution in [0.4, 0.5) is 4.79 Å².